The lowest BCUT2D eigenvalue weighted by molar-refractivity contribution is 0.0499. The summed E-state index contributed by atoms with van der Waals surface area (Å²) >= 11 is 0. The second kappa shape index (κ2) is 7.92. The van der Waals surface area contributed by atoms with Crippen LogP contribution in [0.15, 0.2) is 21.7 Å². The largest absolute Gasteiger partial charge is 0.491 e. The number of aromatic nitrogens is 3. The van der Waals surface area contributed by atoms with Crippen LogP contribution in [0.2, 0.25) is 0 Å². The Bertz CT molecular complexity index is 1010. The van der Waals surface area contributed by atoms with Crippen LogP contribution >= 0.6 is 0 Å². The van der Waals surface area contributed by atoms with Gasteiger partial charge in [0.1, 0.15) is 11.4 Å². The van der Waals surface area contributed by atoms with E-state index in [9.17, 15) is 14.4 Å². The quantitative estimate of drug-likeness (QED) is 0.769. The molecule has 2 N–H and O–H groups in total. The Balaban J connectivity index is 1.42. The number of nitrogens with zero attached hydrogens (tertiary/aromatic N) is 3. The van der Waals surface area contributed by atoms with Gasteiger partial charge in [0.25, 0.3) is 11.8 Å². The van der Waals surface area contributed by atoms with Crippen molar-refractivity contribution < 1.29 is 19.0 Å². The van der Waals surface area contributed by atoms with Crippen molar-refractivity contribution >= 4 is 11.8 Å². The molecule has 2 aromatic rings. The van der Waals surface area contributed by atoms with Gasteiger partial charge in [0.15, 0.2) is 11.4 Å². The first-order chi connectivity index (χ1) is 14.4. The monoisotopic (exact) mass is 415 g/mol. The third kappa shape index (κ3) is 3.57. The van der Waals surface area contributed by atoms with Crippen LogP contribution in [0.25, 0.3) is 0 Å². The van der Waals surface area contributed by atoms with Crippen LogP contribution in [0, 0.1) is 12.3 Å². The van der Waals surface area contributed by atoms with Gasteiger partial charge in [-0.3, -0.25) is 14.4 Å². The molecule has 10 nitrogen and oxygen atoms in total. The van der Waals surface area contributed by atoms with Gasteiger partial charge in [-0.25, -0.2) is 4.63 Å². The standard InChI is InChI=1S/C20H25N5O5/c1-12-17(24-30-23-12)19(28)25-8-6-20(7-9-25)5-3-4-16(20)22-18(27)13-10-14(26)15(29-2)11-21-13/h10-11,16H,3-9H2,1-2H3,(H,21,26)(H,22,27). The number of carbonyl (C=O) groups excluding carboxylic acids is 2. The highest BCUT2D eigenvalue weighted by atomic mass is 16.6. The molecule has 3 heterocycles. The second-order valence-electron chi connectivity index (χ2n) is 8.05. The van der Waals surface area contributed by atoms with Gasteiger partial charge in [-0.1, -0.05) is 11.6 Å². The summed E-state index contributed by atoms with van der Waals surface area (Å²) in [5, 5.41) is 10.5. The summed E-state index contributed by atoms with van der Waals surface area (Å²) in [6, 6.07) is 1.26. The molecule has 2 aromatic heterocycles. The maximum absolute atomic E-state index is 12.7. The van der Waals surface area contributed by atoms with E-state index >= 15 is 0 Å². The molecule has 1 spiro atoms. The SMILES string of the molecule is COc1c[nH]c(C(=O)NC2CCCC23CCN(C(=O)c2nonc2C)CC3)cc1=O. The van der Waals surface area contributed by atoms with E-state index in [-0.39, 0.29) is 45.8 Å². The van der Waals surface area contributed by atoms with Gasteiger partial charge in [0, 0.05) is 31.4 Å². The topological polar surface area (TPSA) is 130 Å². The average Bonchev–Trinajstić information content (AvgIpc) is 3.34. The minimum Gasteiger partial charge on any atom is -0.491 e. The first-order valence-electron chi connectivity index (χ1n) is 10.1. The number of rotatable bonds is 4. The van der Waals surface area contributed by atoms with E-state index in [4.69, 9.17) is 4.74 Å². The number of likely N-dealkylation sites (tertiary alicyclic amines) is 1. The van der Waals surface area contributed by atoms with Gasteiger partial charge in [0.2, 0.25) is 5.43 Å². The van der Waals surface area contributed by atoms with E-state index in [0.29, 0.717) is 18.8 Å². The minimum absolute atomic E-state index is 0.00306. The number of hydrogen-bond donors (Lipinski definition) is 2. The Hall–Kier alpha value is -3.17. The Morgan fingerprint density at radius 2 is 2.07 bits per heavy atom. The number of methoxy groups -OCH3 is 1. The van der Waals surface area contributed by atoms with E-state index in [0.717, 1.165) is 32.1 Å². The predicted octanol–water partition coefficient (Wildman–Crippen LogP) is 1.28. The number of pyridine rings is 1. The molecule has 1 atom stereocenters. The third-order valence-electron chi connectivity index (χ3n) is 6.46. The van der Waals surface area contributed by atoms with E-state index in [1.165, 1.54) is 19.4 Å². The first kappa shape index (κ1) is 20.1. The lowest BCUT2D eigenvalue weighted by Crippen LogP contribution is -2.51. The molecular formula is C20H25N5O5. The van der Waals surface area contributed by atoms with Crippen molar-refractivity contribution in [1.29, 1.82) is 0 Å². The maximum atomic E-state index is 12.7. The summed E-state index contributed by atoms with van der Waals surface area (Å²) in [7, 11) is 1.41. The van der Waals surface area contributed by atoms with Crippen LogP contribution in [0.3, 0.4) is 0 Å². The number of aryl methyl sites for hydroxylation is 1. The van der Waals surface area contributed by atoms with Crippen molar-refractivity contribution in [3.05, 3.63) is 39.6 Å². The molecule has 2 amide bonds. The molecule has 1 unspecified atom stereocenters. The molecule has 2 aliphatic rings. The fraction of sp³-hybridized carbons (Fsp3) is 0.550. The van der Waals surface area contributed by atoms with Gasteiger partial charge in [-0.05, 0) is 43.2 Å². The molecular weight excluding hydrogens is 390 g/mol. The summed E-state index contributed by atoms with van der Waals surface area (Å²) < 4.78 is 9.59. The van der Waals surface area contributed by atoms with Crippen molar-refractivity contribution in [2.75, 3.05) is 20.2 Å². The summed E-state index contributed by atoms with van der Waals surface area (Å²) in [6.07, 6.45) is 5.90. The number of hydrogen-bond acceptors (Lipinski definition) is 7. The highest BCUT2D eigenvalue weighted by Crippen LogP contribution is 2.46. The van der Waals surface area contributed by atoms with Crippen LogP contribution in [-0.2, 0) is 0 Å². The van der Waals surface area contributed by atoms with Crippen molar-refractivity contribution in [2.24, 2.45) is 5.41 Å². The number of carbonyl (C=O) groups is 2. The van der Waals surface area contributed by atoms with Gasteiger partial charge in [-0.15, -0.1) is 0 Å². The molecule has 1 aliphatic heterocycles. The van der Waals surface area contributed by atoms with Gasteiger partial charge >= 0.3 is 0 Å². The van der Waals surface area contributed by atoms with Gasteiger partial charge < -0.3 is 19.9 Å². The molecule has 4 rings (SSSR count). The molecule has 0 aromatic carbocycles. The highest BCUT2D eigenvalue weighted by Gasteiger charge is 2.46. The van der Waals surface area contributed by atoms with Crippen LogP contribution in [0.4, 0.5) is 0 Å². The predicted molar refractivity (Wildman–Crippen MR) is 105 cm³/mol. The van der Waals surface area contributed by atoms with Gasteiger partial charge in [0.05, 0.1) is 7.11 Å². The average molecular weight is 415 g/mol. The smallest absolute Gasteiger partial charge is 0.278 e. The first-order valence-corrected chi connectivity index (χ1v) is 10.1. The normalized spacial score (nSPS) is 20.3. The van der Waals surface area contributed by atoms with Crippen molar-refractivity contribution in [2.45, 2.75) is 45.1 Å². The molecule has 0 bridgehead atoms. The molecule has 0 radical (unpaired) electrons. The van der Waals surface area contributed by atoms with Crippen LogP contribution in [-0.4, -0.2) is 58.3 Å². The van der Waals surface area contributed by atoms with E-state index < -0.39 is 0 Å². The van der Waals surface area contributed by atoms with Crippen LogP contribution in [0.1, 0.15) is 58.8 Å². The fourth-order valence-electron chi connectivity index (χ4n) is 4.68. The second-order valence-corrected chi connectivity index (χ2v) is 8.05. The number of piperidine rings is 1. The number of aromatic amines is 1. The van der Waals surface area contributed by atoms with Crippen LogP contribution < -0.4 is 15.5 Å². The van der Waals surface area contributed by atoms with Crippen molar-refractivity contribution in [3.8, 4) is 5.75 Å². The molecule has 1 saturated heterocycles. The van der Waals surface area contributed by atoms with E-state index in [1.54, 1.807) is 11.8 Å². The number of nitrogens with one attached hydrogen (secondary N) is 2. The summed E-state index contributed by atoms with van der Waals surface area (Å²) in [5.41, 5.74) is 0.568. The maximum Gasteiger partial charge on any atom is 0.278 e. The van der Waals surface area contributed by atoms with E-state index in [1.807, 2.05) is 0 Å². The van der Waals surface area contributed by atoms with Crippen LogP contribution in [0.5, 0.6) is 5.75 Å². The van der Waals surface area contributed by atoms with Crippen molar-refractivity contribution in [1.82, 2.24) is 25.5 Å². The summed E-state index contributed by atoms with van der Waals surface area (Å²) in [4.78, 5) is 41.9. The lowest BCUT2D eigenvalue weighted by Gasteiger charge is -2.43. The molecule has 2 fully saturated rings. The molecule has 30 heavy (non-hydrogen) atoms. The highest BCUT2D eigenvalue weighted by molar-refractivity contribution is 5.93. The Morgan fingerprint density at radius 3 is 2.70 bits per heavy atom. The zero-order valence-electron chi connectivity index (χ0n) is 17.1. The zero-order valence-corrected chi connectivity index (χ0v) is 17.1. The Labute approximate surface area is 172 Å². The lowest BCUT2D eigenvalue weighted by atomic mass is 9.74. The molecule has 1 saturated carbocycles. The number of H-pyrrole nitrogens is 1. The van der Waals surface area contributed by atoms with Crippen molar-refractivity contribution in [3.63, 3.8) is 0 Å². The molecule has 10 heteroatoms. The third-order valence-corrected chi connectivity index (χ3v) is 6.46. The number of ether oxygens (including phenoxy) is 1. The Kier molecular flexibility index (Phi) is 5.31. The van der Waals surface area contributed by atoms with Gasteiger partial charge in [-0.2, -0.15) is 0 Å². The molecule has 160 valence electrons. The summed E-state index contributed by atoms with van der Waals surface area (Å²) in [6.45, 7) is 2.88. The molecule has 1 aliphatic carbocycles. The Morgan fingerprint density at radius 1 is 1.30 bits per heavy atom. The summed E-state index contributed by atoms with van der Waals surface area (Å²) in [5.74, 6) is -0.305. The fourth-order valence-corrected chi connectivity index (χ4v) is 4.68. The zero-order chi connectivity index (χ0) is 21.3. The minimum atomic E-state index is -0.341. The number of amides is 2. The van der Waals surface area contributed by atoms with E-state index in [2.05, 4.69) is 25.2 Å².